The number of benzene rings is 1. The highest BCUT2D eigenvalue weighted by Crippen LogP contribution is 2.26. The van der Waals surface area contributed by atoms with E-state index in [0.29, 0.717) is 5.75 Å². The van der Waals surface area contributed by atoms with Gasteiger partial charge in [0.2, 0.25) is 0 Å². The van der Waals surface area contributed by atoms with E-state index in [4.69, 9.17) is 15.9 Å². The zero-order valence-corrected chi connectivity index (χ0v) is 9.14. The highest BCUT2D eigenvalue weighted by Gasteiger charge is 2.13. The Bertz CT molecular complexity index is 564. The van der Waals surface area contributed by atoms with Crippen LogP contribution in [-0.2, 0) is 7.05 Å². The van der Waals surface area contributed by atoms with Crippen LogP contribution >= 0.6 is 0 Å². The van der Waals surface area contributed by atoms with Crippen LogP contribution in [-0.4, -0.2) is 15.6 Å². The molecule has 88 valence electrons. The summed E-state index contributed by atoms with van der Waals surface area (Å²) in [4.78, 5) is 0. The predicted molar refractivity (Wildman–Crippen MR) is 60.7 cm³/mol. The van der Waals surface area contributed by atoms with E-state index in [1.807, 2.05) is 0 Å². The molecule has 1 aromatic heterocycles. The lowest BCUT2D eigenvalue weighted by atomic mass is 10.1. The third kappa shape index (κ3) is 2.25. The lowest BCUT2D eigenvalue weighted by Gasteiger charge is -2.08. The van der Waals surface area contributed by atoms with Gasteiger partial charge >= 0.3 is 0 Å². The fraction of sp³-hybridized carbons (Fsp3) is 0.0909. The fourth-order valence-corrected chi connectivity index (χ4v) is 1.43. The molecule has 2 aromatic rings. The van der Waals surface area contributed by atoms with Crippen LogP contribution in [0.15, 0.2) is 30.6 Å². The van der Waals surface area contributed by atoms with E-state index in [-0.39, 0.29) is 17.1 Å². The minimum atomic E-state index is -0.584. The van der Waals surface area contributed by atoms with E-state index in [1.54, 1.807) is 24.0 Å². The first-order valence-corrected chi connectivity index (χ1v) is 4.87. The summed E-state index contributed by atoms with van der Waals surface area (Å²) in [5.74, 6) is -0.299. The van der Waals surface area contributed by atoms with Crippen molar-refractivity contribution in [2.75, 3.05) is 0 Å². The van der Waals surface area contributed by atoms with Crippen molar-refractivity contribution in [1.29, 1.82) is 5.41 Å². The molecule has 1 aromatic carbocycles. The van der Waals surface area contributed by atoms with Gasteiger partial charge in [0, 0.05) is 7.05 Å². The van der Waals surface area contributed by atoms with Crippen molar-refractivity contribution in [2.24, 2.45) is 12.8 Å². The molecule has 0 aliphatic carbocycles. The molecule has 0 unspecified atom stereocenters. The summed E-state index contributed by atoms with van der Waals surface area (Å²) in [6.45, 7) is 0. The number of nitrogen functional groups attached to an aromatic ring is 1. The first-order chi connectivity index (χ1) is 8.08. The molecule has 6 heteroatoms. The van der Waals surface area contributed by atoms with Gasteiger partial charge in [-0.05, 0) is 12.1 Å². The standard InChI is InChI=1S/C11H11FN4O/c1-16-6-7(5-15-16)17-9-4-2-3-8(12)10(9)11(13)14/h2-6H,1H3,(H3,13,14). The van der Waals surface area contributed by atoms with E-state index in [2.05, 4.69) is 5.10 Å². The maximum atomic E-state index is 13.5. The summed E-state index contributed by atoms with van der Waals surface area (Å²) in [5, 5.41) is 11.2. The first-order valence-electron chi connectivity index (χ1n) is 4.87. The Morgan fingerprint density at radius 1 is 1.53 bits per heavy atom. The first kappa shape index (κ1) is 11.1. The minimum absolute atomic E-state index is 0.0450. The number of nitrogens with two attached hydrogens (primary N) is 1. The zero-order chi connectivity index (χ0) is 12.4. The second kappa shape index (κ2) is 4.25. The van der Waals surface area contributed by atoms with Crippen molar-refractivity contribution >= 4 is 5.84 Å². The van der Waals surface area contributed by atoms with E-state index in [1.165, 1.54) is 18.3 Å². The molecule has 0 radical (unpaired) electrons. The van der Waals surface area contributed by atoms with Crippen molar-refractivity contribution in [2.45, 2.75) is 0 Å². The van der Waals surface area contributed by atoms with Crippen molar-refractivity contribution < 1.29 is 9.13 Å². The molecular weight excluding hydrogens is 223 g/mol. The highest BCUT2D eigenvalue weighted by atomic mass is 19.1. The summed E-state index contributed by atoms with van der Waals surface area (Å²) in [5.41, 5.74) is 5.27. The van der Waals surface area contributed by atoms with Crippen molar-refractivity contribution in [3.05, 3.63) is 42.0 Å². The summed E-state index contributed by atoms with van der Waals surface area (Å²) in [7, 11) is 1.74. The maximum absolute atomic E-state index is 13.5. The Hall–Kier alpha value is -2.37. The number of aryl methyl sites for hydroxylation is 1. The van der Waals surface area contributed by atoms with Crippen LogP contribution in [0.2, 0.25) is 0 Å². The van der Waals surface area contributed by atoms with Crippen molar-refractivity contribution in [1.82, 2.24) is 9.78 Å². The molecule has 1 heterocycles. The second-order valence-corrected chi connectivity index (χ2v) is 3.48. The fourth-order valence-electron chi connectivity index (χ4n) is 1.43. The van der Waals surface area contributed by atoms with Crippen LogP contribution in [0.4, 0.5) is 4.39 Å². The molecule has 3 N–H and O–H groups in total. The molecule has 0 saturated carbocycles. The van der Waals surface area contributed by atoms with Crippen LogP contribution < -0.4 is 10.5 Å². The Balaban J connectivity index is 2.39. The van der Waals surface area contributed by atoms with E-state index >= 15 is 0 Å². The monoisotopic (exact) mass is 234 g/mol. The van der Waals surface area contributed by atoms with Crippen LogP contribution in [0.3, 0.4) is 0 Å². The molecule has 2 rings (SSSR count). The highest BCUT2D eigenvalue weighted by molar-refractivity contribution is 5.97. The summed E-state index contributed by atoms with van der Waals surface area (Å²) >= 11 is 0. The third-order valence-corrected chi connectivity index (χ3v) is 2.15. The number of rotatable bonds is 3. The Labute approximate surface area is 97.1 Å². The van der Waals surface area contributed by atoms with Crippen molar-refractivity contribution in [3.63, 3.8) is 0 Å². The smallest absolute Gasteiger partial charge is 0.165 e. The summed E-state index contributed by atoms with van der Waals surface area (Å²) in [6.07, 6.45) is 3.13. The Morgan fingerprint density at radius 3 is 2.88 bits per heavy atom. The number of hydrogen-bond donors (Lipinski definition) is 2. The predicted octanol–water partition coefficient (Wildman–Crippen LogP) is 1.64. The van der Waals surface area contributed by atoms with Gasteiger partial charge in [0.25, 0.3) is 0 Å². The average molecular weight is 234 g/mol. The Kier molecular flexibility index (Phi) is 2.78. The summed E-state index contributed by atoms with van der Waals surface area (Å²) in [6, 6.07) is 4.27. The van der Waals surface area contributed by atoms with Gasteiger partial charge in [0.05, 0.1) is 18.0 Å². The molecule has 0 aliphatic rings. The number of halogens is 1. The van der Waals surface area contributed by atoms with Crippen molar-refractivity contribution in [3.8, 4) is 11.5 Å². The van der Waals surface area contributed by atoms with Gasteiger partial charge in [0.1, 0.15) is 17.4 Å². The molecule has 17 heavy (non-hydrogen) atoms. The zero-order valence-electron chi connectivity index (χ0n) is 9.14. The molecule has 5 nitrogen and oxygen atoms in total. The molecular formula is C11H11FN4O. The van der Waals surface area contributed by atoms with Gasteiger partial charge < -0.3 is 10.5 Å². The number of aromatic nitrogens is 2. The molecule has 0 aliphatic heterocycles. The number of nitrogens with one attached hydrogen (secondary N) is 1. The van der Waals surface area contributed by atoms with Crippen LogP contribution in [0.25, 0.3) is 0 Å². The number of ether oxygens (including phenoxy) is 1. The molecule has 0 atom stereocenters. The van der Waals surface area contributed by atoms with Gasteiger partial charge in [-0.1, -0.05) is 6.07 Å². The molecule has 0 amide bonds. The number of hydrogen-bond acceptors (Lipinski definition) is 3. The average Bonchev–Trinajstić information content (AvgIpc) is 2.63. The van der Waals surface area contributed by atoms with Crippen LogP contribution in [0, 0.1) is 11.2 Å². The lowest BCUT2D eigenvalue weighted by Crippen LogP contribution is -2.14. The van der Waals surface area contributed by atoms with Crippen LogP contribution in [0.1, 0.15) is 5.56 Å². The van der Waals surface area contributed by atoms with Gasteiger partial charge in [-0.15, -0.1) is 0 Å². The number of amidine groups is 1. The van der Waals surface area contributed by atoms with Gasteiger partial charge in [-0.2, -0.15) is 5.10 Å². The molecule has 0 spiro atoms. The molecule has 0 saturated heterocycles. The lowest BCUT2D eigenvalue weighted by molar-refractivity contribution is 0.474. The van der Waals surface area contributed by atoms with Gasteiger partial charge in [-0.25, -0.2) is 4.39 Å². The maximum Gasteiger partial charge on any atom is 0.165 e. The van der Waals surface area contributed by atoms with Gasteiger partial charge in [0.15, 0.2) is 5.75 Å². The second-order valence-electron chi connectivity index (χ2n) is 3.48. The van der Waals surface area contributed by atoms with Crippen LogP contribution in [0.5, 0.6) is 11.5 Å². The van der Waals surface area contributed by atoms with E-state index in [0.717, 1.165) is 0 Å². The molecule has 0 fully saturated rings. The number of nitrogens with zero attached hydrogens (tertiary/aromatic N) is 2. The Morgan fingerprint density at radius 2 is 2.29 bits per heavy atom. The normalized spacial score (nSPS) is 10.2. The van der Waals surface area contributed by atoms with E-state index < -0.39 is 5.82 Å². The largest absolute Gasteiger partial charge is 0.453 e. The summed E-state index contributed by atoms with van der Waals surface area (Å²) < 4.78 is 20.5. The quantitative estimate of drug-likeness (QED) is 0.626. The topological polar surface area (TPSA) is 76.9 Å². The van der Waals surface area contributed by atoms with Gasteiger partial charge in [-0.3, -0.25) is 10.1 Å². The third-order valence-electron chi connectivity index (χ3n) is 2.15. The van der Waals surface area contributed by atoms with E-state index in [9.17, 15) is 4.39 Å². The SMILES string of the molecule is Cn1cc(Oc2cccc(F)c2C(=N)N)cn1. The molecule has 0 bridgehead atoms. The minimum Gasteiger partial charge on any atom is -0.453 e.